The third kappa shape index (κ3) is 4.41. The number of piperidine rings is 1. The molecule has 12 heteroatoms. The smallest absolute Gasteiger partial charge is 0.325 e. The van der Waals surface area contributed by atoms with Crippen molar-refractivity contribution < 1.29 is 28.7 Å². The number of hydrogen-bond donors (Lipinski definition) is 2. The molecule has 1 saturated heterocycles. The van der Waals surface area contributed by atoms with Crippen molar-refractivity contribution in [1.29, 1.82) is 0 Å². The van der Waals surface area contributed by atoms with Crippen molar-refractivity contribution in [3.8, 4) is 11.3 Å². The summed E-state index contributed by atoms with van der Waals surface area (Å²) in [6.07, 6.45) is 3.41. The molecule has 1 unspecified atom stereocenters. The maximum Gasteiger partial charge on any atom is 0.325 e. The van der Waals surface area contributed by atoms with Gasteiger partial charge in [0, 0.05) is 24.4 Å². The van der Waals surface area contributed by atoms with Crippen LogP contribution in [0, 0.1) is 0 Å². The predicted octanol–water partition coefficient (Wildman–Crippen LogP) is 1.55. The normalized spacial score (nSPS) is 17.7. The average molecular weight is 505 g/mol. The number of anilines is 1. The first kappa shape index (κ1) is 24.1. The van der Waals surface area contributed by atoms with E-state index in [9.17, 15) is 24.0 Å². The summed E-state index contributed by atoms with van der Waals surface area (Å²) in [5, 5.41) is 5.24. The lowest BCUT2D eigenvalue weighted by atomic mass is 10.0. The third-order valence-electron chi connectivity index (χ3n) is 5.94. The summed E-state index contributed by atoms with van der Waals surface area (Å²) < 4.78 is 7.04. The van der Waals surface area contributed by atoms with E-state index in [2.05, 4.69) is 20.6 Å². The van der Waals surface area contributed by atoms with Gasteiger partial charge in [0.05, 0.1) is 11.1 Å². The average Bonchev–Trinajstić information content (AvgIpc) is 3.32. The molecule has 0 spiro atoms. The molecule has 3 aromatic rings. The van der Waals surface area contributed by atoms with E-state index in [0.29, 0.717) is 22.9 Å². The molecule has 2 N–H and O–H groups in total. The summed E-state index contributed by atoms with van der Waals surface area (Å²) in [7, 11) is 0. The summed E-state index contributed by atoms with van der Waals surface area (Å²) in [5.74, 6) is -1.99. The molecule has 0 radical (unpaired) electrons. The lowest BCUT2D eigenvalue weighted by Crippen LogP contribution is -2.54. The van der Waals surface area contributed by atoms with Crippen molar-refractivity contribution in [3.05, 3.63) is 47.8 Å². The number of imidazole rings is 1. The molecule has 5 rings (SSSR count). The lowest BCUT2D eigenvalue weighted by molar-refractivity contribution is -0.152. The molecule has 0 saturated carbocycles. The molecule has 12 nitrogen and oxygen atoms in total. The number of imide groups is 2. The monoisotopic (exact) mass is 504 g/mol. The molecule has 1 fully saturated rings. The van der Waals surface area contributed by atoms with Gasteiger partial charge in [0.25, 0.3) is 11.8 Å². The van der Waals surface area contributed by atoms with Gasteiger partial charge in [-0.2, -0.15) is 0 Å². The number of nitrogens with zero attached hydrogens (tertiary/aromatic N) is 4. The number of fused-ring (bicyclic) bond motifs is 2. The topological polar surface area (TPSA) is 152 Å². The zero-order chi connectivity index (χ0) is 26.5. The Morgan fingerprint density at radius 2 is 1.92 bits per heavy atom. The van der Waals surface area contributed by atoms with Gasteiger partial charge in [-0.05, 0) is 45.4 Å². The molecular weight excluding hydrogens is 480 g/mol. The summed E-state index contributed by atoms with van der Waals surface area (Å²) in [6, 6.07) is 5.32. The van der Waals surface area contributed by atoms with E-state index in [1.807, 2.05) is 0 Å². The molecule has 1 aromatic carbocycles. The van der Waals surface area contributed by atoms with Crippen LogP contribution in [0.15, 0.2) is 36.7 Å². The quantitative estimate of drug-likeness (QED) is 0.389. The van der Waals surface area contributed by atoms with Gasteiger partial charge in [0.1, 0.15) is 29.7 Å². The highest BCUT2D eigenvalue weighted by Crippen LogP contribution is 2.34. The minimum absolute atomic E-state index is 0.0377. The Morgan fingerprint density at radius 1 is 1.16 bits per heavy atom. The van der Waals surface area contributed by atoms with Crippen molar-refractivity contribution in [2.24, 2.45) is 0 Å². The number of rotatable bonds is 5. The van der Waals surface area contributed by atoms with Crippen LogP contribution in [0.1, 0.15) is 54.3 Å². The van der Waals surface area contributed by atoms with Crippen molar-refractivity contribution in [3.63, 3.8) is 0 Å². The summed E-state index contributed by atoms with van der Waals surface area (Å²) in [5.41, 5.74) is 0.537. The van der Waals surface area contributed by atoms with Gasteiger partial charge in [-0.1, -0.05) is 6.07 Å². The Hall–Kier alpha value is -4.61. The van der Waals surface area contributed by atoms with Crippen molar-refractivity contribution in [2.45, 2.75) is 45.3 Å². The second-order valence-corrected chi connectivity index (χ2v) is 9.75. The predicted molar refractivity (Wildman–Crippen MR) is 129 cm³/mol. The number of carbonyl (C=O) groups is 5. The molecule has 190 valence electrons. The molecule has 0 bridgehead atoms. The summed E-state index contributed by atoms with van der Waals surface area (Å²) in [6.45, 7) is 5.18. The number of aromatic nitrogens is 3. The van der Waals surface area contributed by atoms with E-state index < -0.39 is 41.2 Å². The zero-order valence-electron chi connectivity index (χ0n) is 20.4. The number of nitrogens with one attached hydrogen (secondary N) is 2. The molecule has 4 heterocycles. The molecule has 37 heavy (non-hydrogen) atoms. The SMILES string of the molecule is CC(C)(C)OC(=O)CNc1c(-c2ccc3c(c2)C(=O)N(C2CCC(=O)NC2=O)C3=O)nc2ncccn12. The number of carbonyl (C=O) groups excluding carboxylic acids is 5. The Kier molecular flexibility index (Phi) is 5.73. The van der Waals surface area contributed by atoms with E-state index >= 15 is 0 Å². The molecule has 1 atom stereocenters. The number of amides is 4. The minimum atomic E-state index is -1.06. The minimum Gasteiger partial charge on any atom is -0.459 e. The van der Waals surface area contributed by atoms with E-state index in [-0.39, 0.29) is 30.5 Å². The fraction of sp³-hybridized carbons (Fsp3) is 0.320. The van der Waals surface area contributed by atoms with E-state index in [0.717, 1.165) is 4.90 Å². The molecule has 0 aliphatic carbocycles. The maximum absolute atomic E-state index is 13.2. The Labute approximate surface area is 211 Å². The molecule has 2 aliphatic heterocycles. The van der Waals surface area contributed by atoms with Crippen LogP contribution in [0.4, 0.5) is 5.82 Å². The Morgan fingerprint density at radius 3 is 2.65 bits per heavy atom. The van der Waals surface area contributed by atoms with E-state index in [1.54, 1.807) is 49.7 Å². The van der Waals surface area contributed by atoms with Gasteiger partial charge >= 0.3 is 5.97 Å². The number of esters is 1. The Balaban J connectivity index is 1.49. The van der Waals surface area contributed by atoms with Gasteiger partial charge in [-0.3, -0.25) is 38.6 Å². The maximum atomic E-state index is 13.2. The number of benzene rings is 1. The van der Waals surface area contributed by atoms with E-state index in [4.69, 9.17) is 4.74 Å². The van der Waals surface area contributed by atoms with E-state index in [1.165, 1.54) is 12.1 Å². The van der Waals surface area contributed by atoms with Gasteiger partial charge in [0.2, 0.25) is 17.6 Å². The van der Waals surface area contributed by atoms with Crippen molar-refractivity contribution in [2.75, 3.05) is 11.9 Å². The molecular formula is C25H24N6O6. The van der Waals surface area contributed by atoms with Crippen LogP contribution in [0.25, 0.3) is 17.0 Å². The van der Waals surface area contributed by atoms with Gasteiger partial charge in [-0.25, -0.2) is 9.97 Å². The highest BCUT2D eigenvalue weighted by molar-refractivity contribution is 6.23. The summed E-state index contributed by atoms with van der Waals surface area (Å²) in [4.78, 5) is 72.2. The second kappa shape index (κ2) is 8.80. The van der Waals surface area contributed by atoms with Gasteiger partial charge in [-0.15, -0.1) is 0 Å². The van der Waals surface area contributed by atoms with Gasteiger partial charge < -0.3 is 10.1 Å². The van der Waals surface area contributed by atoms with Crippen LogP contribution >= 0.6 is 0 Å². The first-order chi connectivity index (χ1) is 17.5. The molecule has 4 amide bonds. The first-order valence-corrected chi connectivity index (χ1v) is 11.7. The Bertz CT molecular complexity index is 1490. The number of ether oxygens (including phenoxy) is 1. The van der Waals surface area contributed by atoms with Crippen molar-refractivity contribution >= 4 is 41.2 Å². The van der Waals surface area contributed by atoms with Crippen LogP contribution in [0.5, 0.6) is 0 Å². The standard InChI is InChI=1S/C25H24N6O6/c1-25(2,3)37-18(33)12-27-20-19(29-24-26-9-4-10-30(20)24)13-5-6-14-15(11-13)23(36)31(22(14)35)16-7-8-17(32)28-21(16)34/h4-6,9-11,16,27H,7-8,12H2,1-3H3,(H,28,32,34). The third-order valence-corrected chi connectivity index (χ3v) is 5.94. The van der Waals surface area contributed by atoms with Crippen LogP contribution in [-0.2, 0) is 19.1 Å². The van der Waals surface area contributed by atoms with Crippen LogP contribution in [-0.4, -0.2) is 67.1 Å². The van der Waals surface area contributed by atoms with Gasteiger partial charge in [0.15, 0.2) is 0 Å². The summed E-state index contributed by atoms with van der Waals surface area (Å²) >= 11 is 0. The molecule has 2 aliphatic rings. The van der Waals surface area contributed by atoms with Crippen LogP contribution < -0.4 is 10.6 Å². The highest BCUT2D eigenvalue weighted by Gasteiger charge is 2.44. The van der Waals surface area contributed by atoms with Crippen LogP contribution in [0.3, 0.4) is 0 Å². The number of hydrogen-bond acceptors (Lipinski definition) is 9. The highest BCUT2D eigenvalue weighted by atomic mass is 16.6. The fourth-order valence-electron chi connectivity index (χ4n) is 4.41. The largest absolute Gasteiger partial charge is 0.459 e. The lowest BCUT2D eigenvalue weighted by Gasteiger charge is -2.27. The van der Waals surface area contributed by atoms with Crippen LogP contribution in [0.2, 0.25) is 0 Å². The fourth-order valence-corrected chi connectivity index (χ4v) is 4.41. The van der Waals surface area contributed by atoms with Crippen molar-refractivity contribution in [1.82, 2.24) is 24.6 Å². The zero-order valence-corrected chi connectivity index (χ0v) is 20.4. The second-order valence-electron chi connectivity index (χ2n) is 9.75. The molecule has 2 aromatic heterocycles. The first-order valence-electron chi connectivity index (χ1n) is 11.7.